The fourth-order valence-electron chi connectivity index (χ4n) is 4.20. The number of nitrogens with one attached hydrogen (secondary N) is 1. The number of rotatable bonds is 6. The van der Waals surface area contributed by atoms with Crippen LogP contribution in [-0.4, -0.2) is 47.1 Å². The highest BCUT2D eigenvalue weighted by molar-refractivity contribution is 5.94. The summed E-state index contributed by atoms with van der Waals surface area (Å²) in [6.07, 6.45) is 6.87. The molecule has 0 spiro atoms. The first kappa shape index (κ1) is 19.9. The molecule has 1 aliphatic carbocycles. The normalized spacial score (nSPS) is 23.1. The zero-order valence-corrected chi connectivity index (χ0v) is 16.8. The Bertz CT molecular complexity index is 788. The monoisotopic (exact) mass is 394 g/mol. The third kappa shape index (κ3) is 5.55. The number of nitrogens with two attached hydrogens (primary N) is 1. The third-order valence-corrected chi connectivity index (χ3v) is 5.87. The van der Waals surface area contributed by atoms with E-state index in [1.807, 2.05) is 42.6 Å². The predicted molar refractivity (Wildman–Crippen MR) is 113 cm³/mol. The summed E-state index contributed by atoms with van der Waals surface area (Å²) >= 11 is 0. The molecule has 2 atom stereocenters. The summed E-state index contributed by atoms with van der Waals surface area (Å²) in [5, 5.41) is 3.08. The number of likely N-dealkylation sites (tertiary alicyclic amines) is 1. The minimum Gasteiger partial charge on any atom is -0.490 e. The number of amides is 1. The highest BCUT2D eigenvalue weighted by Crippen LogP contribution is 2.21. The maximum absolute atomic E-state index is 12.4. The number of carbonyl (C=O) groups is 1. The largest absolute Gasteiger partial charge is 0.490 e. The molecule has 2 aromatic rings. The van der Waals surface area contributed by atoms with Gasteiger partial charge < -0.3 is 15.8 Å². The molecule has 1 aromatic heterocycles. The van der Waals surface area contributed by atoms with Gasteiger partial charge in [-0.1, -0.05) is 6.07 Å². The molecular weight excluding hydrogens is 364 g/mol. The molecule has 1 aromatic carbocycles. The smallest absolute Gasteiger partial charge is 0.251 e. The van der Waals surface area contributed by atoms with Crippen molar-refractivity contribution in [2.75, 3.05) is 13.1 Å². The topological polar surface area (TPSA) is 80.5 Å². The summed E-state index contributed by atoms with van der Waals surface area (Å²) < 4.78 is 6.15. The minimum absolute atomic E-state index is 0.0292. The third-order valence-electron chi connectivity index (χ3n) is 5.87. The lowest BCUT2D eigenvalue weighted by molar-refractivity contribution is 0.0935. The van der Waals surface area contributed by atoms with Gasteiger partial charge in [0.15, 0.2) is 0 Å². The molecule has 1 saturated carbocycles. The Morgan fingerprint density at radius 1 is 1.10 bits per heavy atom. The Kier molecular flexibility index (Phi) is 6.42. The lowest BCUT2D eigenvalue weighted by Gasteiger charge is -2.31. The van der Waals surface area contributed by atoms with E-state index in [0.29, 0.717) is 5.56 Å². The molecule has 1 aliphatic heterocycles. The summed E-state index contributed by atoms with van der Waals surface area (Å²) in [7, 11) is 0. The van der Waals surface area contributed by atoms with Crippen molar-refractivity contribution in [3.63, 3.8) is 0 Å². The fourth-order valence-corrected chi connectivity index (χ4v) is 4.20. The van der Waals surface area contributed by atoms with Crippen LogP contribution in [0.4, 0.5) is 0 Å². The quantitative estimate of drug-likeness (QED) is 0.787. The molecule has 2 unspecified atom stereocenters. The van der Waals surface area contributed by atoms with Crippen LogP contribution in [0.5, 0.6) is 5.75 Å². The number of hydrogen-bond donors (Lipinski definition) is 2. The number of hydrogen-bond acceptors (Lipinski definition) is 5. The number of ether oxygens (including phenoxy) is 1. The second-order valence-electron chi connectivity index (χ2n) is 8.18. The highest BCUT2D eigenvalue weighted by atomic mass is 16.5. The number of aromatic nitrogens is 1. The van der Waals surface area contributed by atoms with Gasteiger partial charge in [-0.15, -0.1) is 0 Å². The van der Waals surface area contributed by atoms with Crippen LogP contribution in [0.25, 0.3) is 0 Å². The Morgan fingerprint density at radius 2 is 1.90 bits per heavy atom. The predicted octanol–water partition coefficient (Wildman–Crippen LogP) is 2.73. The van der Waals surface area contributed by atoms with E-state index in [1.54, 1.807) is 0 Å². The number of nitrogens with zero attached hydrogens (tertiary/aromatic N) is 2. The minimum atomic E-state index is -0.0292. The van der Waals surface area contributed by atoms with Gasteiger partial charge in [0.25, 0.3) is 5.91 Å². The average Bonchev–Trinajstić information content (AvgIpc) is 3.15. The van der Waals surface area contributed by atoms with Gasteiger partial charge in [0.05, 0.1) is 5.69 Å². The molecule has 3 N–H and O–H groups in total. The van der Waals surface area contributed by atoms with Gasteiger partial charge in [0.2, 0.25) is 0 Å². The van der Waals surface area contributed by atoms with Crippen LogP contribution < -0.4 is 15.8 Å². The Labute approximate surface area is 172 Å². The van der Waals surface area contributed by atoms with E-state index in [9.17, 15) is 4.79 Å². The first-order valence-electron chi connectivity index (χ1n) is 10.6. The molecule has 2 aliphatic rings. The van der Waals surface area contributed by atoms with E-state index in [1.165, 1.54) is 0 Å². The number of carbonyl (C=O) groups excluding carboxylic acids is 1. The van der Waals surface area contributed by atoms with Gasteiger partial charge in [-0.2, -0.15) is 0 Å². The molecular formula is C23H30N4O2. The SMILES string of the molecule is NC1CCC(NC(=O)c2ccc(OC3CCN(Cc4ccccn4)CC3)cc2)C1. The number of piperidine rings is 1. The van der Waals surface area contributed by atoms with Gasteiger partial charge in [-0.25, -0.2) is 0 Å². The maximum atomic E-state index is 12.4. The molecule has 29 heavy (non-hydrogen) atoms. The molecule has 6 heteroatoms. The number of benzene rings is 1. The lowest BCUT2D eigenvalue weighted by Crippen LogP contribution is -2.38. The van der Waals surface area contributed by atoms with Crippen molar-refractivity contribution in [2.45, 2.75) is 56.8 Å². The summed E-state index contributed by atoms with van der Waals surface area (Å²) in [5.74, 6) is 0.797. The van der Waals surface area contributed by atoms with E-state index in [2.05, 4.69) is 21.3 Å². The average molecular weight is 395 g/mol. The first-order chi connectivity index (χ1) is 14.2. The van der Waals surface area contributed by atoms with Crippen LogP contribution in [0.15, 0.2) is 48.7 Å². The van der Waals surface area contributed by atoms with Gasteiger partial charge in [-0.3, -0.25) is 14.7 Å². The fraction of sp³-hybridized carbons (Fsp3) is 0.478. The first-order valence-corrected chi connectivity index (χ1v) is 10.6. The van der Waals surface area contributed by atoms with Crippen molar-refractivity contribution < 1.29 is 9.53 Å². The second kappa shape index (κ2) is 9.37. The van der Waals surface area contributed by atoms with Crippen molar-refractivity contribution in [1.82, 2.24) is 15.2 Å². The zero-order chi connectivity index (χ0) is 20.1. The summed E-state index contributed by atoms with van der Waals surface area (Å²) in [6, 6.07) is 13.9. The van der Waals surface area contributed by atoms with Crippen molar-refractivity contribution in [1.29, 1.82) is 0 Å². The van der Waals surface area contributed by atoms with E-state index in [4.69, 9.17) is 10.5 Å². The zero-order valence-electron chi connectivity index (χ0n) is 16.8. The van der Waals surface area contributed by atoms with Crippen molar-refractivity contribution in [3.8, 4) is 5.75 Å². The van der Waals surface area contributed by atoms with E-state index < -0.39 is 0 Å². The summed E-state index contributed by atoms with van der Waals surface area (Å²) in [6.45, 7) is 2.90. The van der Waals surface area contributed by atoms with Gasteiger partial charge >= 0.3 is 0 Å². The molecule has 2 fully saturated rings. The van der Waals surface area contributed by atoms with Gasteiger partial charge in [0.1, 0.15) is 11.9 Å². The molecule has 154 valence electrons. The summed E-state index contributed by atoms with van der Waals surface area (Å²) in [4.78, 5) is 19.2. The number of pyridine rings is 1. The lowest BCUT2D eigenvalue weighted by atomic mass is 10.1. The highest BCUT2D eigenvalue weighted by Gasteiger charge is 2.24. The second-order valence-corrected chi connectivity index (χ2v) is 8.18. The van der Waals surface area contributed by atoms with Gasteiger partial charge in [0, 0.05) is 43.5 Å². The molecule has 2 heterocycles. The van der Waals surface area contributed by atoms with Crippen molar-refractivity contribution >= 4 is 5.91 Å². The molecule has 1 amide bonds. The van der Waals surface area contributed by atoms with Crippen LogP contribution in [0.3, 0.4) is 0 Å². The maximum Gasteiger partial charge on any atom is 0.251 e. The molecule has 0 bridgehead atoms. The van der Waals surface area contributed by atoms with Crippen molar-refractivity contribution in [2.24, 2.45) is 5.73 Å². The Balaban J connectivity index is 1.22. The van der Waals surface area contributed by atoms with Gasteiger partial charge in [-0.05, 0) is 68.5 Å². The van der Waals surface area contributed by atoms with Crippen LogP contribution in [0.1, 0.15) is 48.2 Å². The van der Waals surface area contributed by atoms with E-state index in [-0.39, 0.29) is 24.1 Å². The van der Waals surface area contributed by atoms with Crippen LogP contribution in [-0.2, 0) is 6.54 Å². The van der Waals surface area contributed by atoms with Crippen LogP contribution in [0, 0.1) is 0 Å². The molecule has 1 saturated heterocycles. The Morgan fingerprint density at radius 3 is 2.55 bits per heavy atom. The molecule has 4 rings (SSSR count). The molecule has 0 radical (unpaired) electrons. The van der Waals surface area contributed by atoms with E-state index in [0.717, 1.165) is 63.2 Å². The Hall–Kier alpha value is -2.44. The standard InChI is InChI=1S/C23H30N4O2/c24-18-6-7-19(15-18)26-23(28)17-4-8-21(9-5-17)29-22-10-13-27(14-11-22)16-20-3-1-2-12-25-20/h1-5,8-9,12,18-19,22H,6-7,10-11,13-16,24H2,(H,26,28). The molecule has 6 nitrogen and oxygen atoms in total. The van der Waals surface area contributed by atoms with Crippen LogP contribution >= 0.6 is 0 Å². The summed E-state index contributed by atoms with van der Waals surface area (Å²) in [5.41, 5.74) is 7.70. The van der Waals surface area contributed by atoms with E-state index >= 15 is 0 Å². The van der Waals surface area contributed by atoms with Crippen LogP contribution in [0.2, 0.25) is 0 Å². The van der Waals surface area contributed by atoms with Crippen molar-refractivity contribution in [3.05, 3.63) is 59.9 Å².